The van der Waals surface area contributed by atoms with Gasteiger partial charge < -0.3 is 14.0 Å². The molecule has 1 radical (unpaired) electrons. The maximum atomic E-state index is 8.55. The maximum Gasteiger partial charge on any atom is 0.121 e. The Morgan fingerprint density at radius 1 is 0.761 bits per heavy atom. The van der Waals surface area contributed by atoms with Crippen LogP contribution in [-0.2, 0) is 31.9 Å². The molecule has 0 saturated carbocycles. The van der Waals surface area contributed by atoms with E-state index >= 15 is 0 Å². The molecule has 0 bridgehead atoms. The van der Waals surface area contributed by atoms with Crippen LogP contribution in [0.1, 0.15) is 59.7 Å². The van der Waals surface area contributed by atoms with E-state index in [1.807, 2.05) is 68.7 Å². The molecule has 0 N–H and O–H groups in total. The van der Waals surface area contributed by atoms with Gasteiger partial charge >= 0.3 is 0 Å². The van der Waals surface area contributed by atoms with E-state index in [1.54, 1.807) is 0 Å². The van der Waals surface area contributed by atoms with E-state index in [0.717, 1.165) is 94.4 Å². The molecule has 4 aromatic heterocycles. The molecule has 10 rings (SSSR count). The van der Waals surface area contributed by atoms with Crippen LogP contribution in [-0.4, -0.2) is 27.6 Å². The average molecular weight is 1070 g/mol. The van der Waals surface area contributed by atoms with Crippen LogP contribution in [0.3, 0.4) is 0 Å². The molecule has 0 atom stereocenters. The Balaban J connectivity index is 0.000000236. The molecule has 0 aliphatic carbocycles. The third-order valence-electron chi connectivity index (χ3n) is 12.1. The summed E-state index contributed by atoms with van der Waals surface area (Å²) in [7, 11) is -1.67. The molecule has 10 aromatic rings. The van der Waals surface area contributed by atoms with Gasteiger partial charge in [0, 0.05) is 46.3 Å². The summed E-state index contributed by atoms with van der Waals surface area (Å²) in [6, 6.07) is 54.7. The summed E-state index contributed by atoms with van der Waals surface area (Å²) in [5, 5.41) is 3.28. The molecule has 0 fully saturated rings. The fraction of sp³-hybridized carbons (Fsp3) is 0.217. The minimum absolute atomic E-state index is 0. The largest absolute Gasteiger partial charge is 0.501 e. The number of hydrogen-bond donors (Lipinski definition) is 0. The van der Waals surface area contributed by atoms with Gasteiger partial charge in [0.05, 0.1) is 36.2 Å². The number of aryl methyl sites for hydroxylation is 2. The number of imidazole rings is 1. The Bertz CT molecular complexity index is 3440. The SMILES string of the molecule is Cc1c[c-]c(-c2nc3ccnc(C)c3n2-c2ccc(-c3ccccc3)cc2C(C)(C)C)c2oc3cc(-c4ccccc4)ccc3c12.[2H]C([2H])(c1cc(-c2[c-]cccc2)ncc1[Si](C)(C)C)C(C)C.[Ir]. The van der Waals surface area contributed by atoms with Gasteiger partial charge in [-0.15, -0.1) is 53.6 Å². The van der Waals surface area contributed by atoms with Crippen LogP contribution in [0.2, 0.25) is 19.6 Å². The topological polar surface area (TPSA) is 56.7 Å². The van der Waals surface area contributed by atoms with Crippen molar-refractivity contribution >= 4 is 46.2 Å². The Hall–Kier alpha value is -6.24. The molecule has 339 valence electrons. The zero-order valence-electron chi connectivity index (χ0n) is 42.0. The first-order chi connectivity index (χ1) is 32.4. The van der Waals surface area contributed by atoms with Crippen molar-refractivity contribution in [1.82, 2.24) is 19.5 Å². The number of furan rings is 1. The third kappa shape index (κ3) is 9.65. The van der Waals surface area contributed by atoms with Gasteiger partial charge in [0.15, 0.2) is 0 Å². The van der Waals surface area contributed by atoms with Gasteiger partial charge in [-0.2, -0.15) is 0 Å². The fourth-order valence-electron chi connectivity index (χ4n) is 8.87. The Morgan fingerprint density at radius 3 is 2.07 bits per heavy atom. The predicted octanol–water partition coefficient (Wildman–Crippen LogP) is 15.3. The molecule has 5 nitrogen and oxygen atoms in total. The first-order valence-corrected chi connectivity index (χ1v) is 26.4. The molecule has 0 spiro atoms. The van der Waals surface area contributed by atoms with Gasteiger partial charge in [0.1, 0.15) is 5.58 Å². The van der Waals surface area contributed by atoms with Crippen LogP contribution in [0, 0.1) is 31.9 Å². The van der Waals surface area contributed by atoms with Gasteiger partial charge in [0.25, 0.3) is 0 Å². The smallest absolute Gasteiger partial charge is 0.121 e. The number of rotatable bonds is 8. The van der Waals surface area contributed by atoms with E-state index in [-0.39, 0.29) is 31.4 Å². The summed E-state index contributed by atoms with van der Waals surface area (Å²) in [6.45, 7) is 21.6. The number of hydrogen-bond acceptors (Lipinski definition) is 4. The van der Waals surface area contributed by atoms with Gasteiger partial charge in [-0.05, 0) is 87.6 Å². The number of aromatic nitrogens is 4. The van der Waals surface area contributed by atoms with Gasteiger partial charge in [-0.25, -0.2) is 0 Å². The first kappa shape index (κ1) is 44.6. The normalized spacial score (nSPS) is 12.5. The Labute approximate surface area is 413 Å². The molecular weight excluding hydrogens is 1010 g/mol. The Kier molecular flexibility index (Phi) is 12.8. The molecule has 7 heteroatoms. The van der Waals surface area contributed by atoms with Crippen molar-refractivity contribution in [2.24, 2.45) is 5.92 Å². The third-order valence-corrected chi connectivity index (χ3v) is 14.1. The number of fused-ring (bicyclic) bond motifs is 4. The maximum absolute atomic E-state index is 8.55. The van der Waals surface area contributed by atoms with E-state index in [2.05, 4.69) is 173 Å². The molecule has 0 aliphatic rings. The second-order valence-corrected chi connectivity index (χ2v) is 24.6. The predicted molar refractivity (Wildman–Crippen MR) is 279 cm³/mol. The van der Waals surface area contributed by atoms with Gasteiger partial charge in [-0.3, -0.25) is 9.97 Å². The van der Waals surface area contributed by atoms with E-state index in [0.29, 0.717) is 0 Å². The molecule has 0 amide bonds. The molecule has 0 aliphatic heterocycles. The first-order valence-electron chi connectivity index (χ1n) is 23.9. The van der Waals surface area contributed by atoms with Crippen molar-refractivity contribution < 1.29 is 27.3 Å². The minimum atomic E-state index is -1.67. The van der Waals surface area contributed by atoms with Crippen LogP contribution in [0.5, 0.6) is 0 Å². The van der Waals surface area contributed by atoms with Gasteiger partial charge in [0.2, 0.25) is 0 Å². The van der Waals surface area contributed by atoms with Crippen molar-refractivity contribution in [3.8, 4) is 50.6 Å². The van der Waals surface area contributed by atoms with Crippen molar-refractivity contribution in [2.75, 3.05) is 0 Å². The monoisotopic (exact) mass is 1070 g/mol. The van der Waals surface area contributed by atoms with Crippen LogP contribution < -0.4 is 5.19 Å². The number of benzene rings is 6. The quantitative estimate of drug-likeness (QED) is 0.112. The Morgan fingerprint density at radius 2 is 1.43 bits per heavy atom. The molecule has 6 aromatic carbocycles. The van der Waals surface area contributed by atoms with E-state index in [4.69, 9.17) is 17.1 Å². The standard InChI is InChI=1S/C42H34N3O.C18H24NSi.Ir/c1-26-16-19-33(40-38(26)32-20-17-31(25-37(32)46-40)29-14-10-7-11-15-29)41-44-35-22-23-43-27(2)39(35)45(41)36-21-18-30(24-34(36)42(3,4)5)28-12-8-6-9-13-28;1-14(2)11-16-12-17(15-9-7-6-8-10-15)19-13-18(16)20(3,4)5;/h6-18,20-25H,1-5H3;6-9,12-14H,11H2,1-5H3;/q2*-1;/i;11D2;. The zero-order chi connectivity index (χ0) is 48.1. The average Bonchev–Trinajstić information content (AvgIpc) is 3.92. The van der Waals surface area contributed by atoms with Crippen molar-refractivity contribution in [3.63, 3.8) is 0 Å². The molecule has 0 saturated heterocycles. The van der Waals surface area contributed by atoms with Gasteiger partial charge in [-0.1, -0.05) is 163 Å². The molecular formula is C60H58IrN4OSi-2. The number of pyridine rings is 2. The molecule has 67 heavy (non-hydrogen) atoms. The summed E-state index contributed by atoms with van der Waals surface area (Å²) in [6.07, 6.45) is 2.36. The van der Waals surface area contributed by atoms with Crippen molar-refractivity contribution in [3.05, 3.63) is 186 Å². The van der Waals surface area contributed by atoms with E-state index < -0.39 is 14.4 Å². The van der Waals surface area contributed by atoms with Crippen molar-refractivity contribution in [2.45, 2.75) is 79.9 Å². The second kappa shape index (κ2) is 19.2. The second-order valence-electron chi connectivity index (χ2n) is 19.6. The zero-order valence-corrected chi connectivity index (χ0v) is 43.4. The minimum Gasteiger partial charge on any atom is -0.501 e. The summed E-state index contributed by atoms with van der Waals surface area (Å²) in [5.74, 6) is 0.703. The van der Waals surface area contributed by atoms with Crippen LogP contribution >= 0.6 is 0 Å². The molecule has 4 heterocycles. The van der Waals surface area contributed by atoms with E-state index in [9.17, 15) is 0 Å². The van der Waals surface area contributed by atoms with Crippen LogP contribution in [0.15, 0.2) is 156 Å². The summed E-state index contributed by atoms with van der Waals surface area (Å²) in [4.78, 5) is 14.6. The van der Waals surface area contributed by atoms with E-state index in [1.165, 1.54) is 16.7 Å². The summed E-state index contributed by atoms with van der Waals surface area (Å²) < 4.78 is 26.2. The molecule has 0 unspecified atom stereocenters. The fourth-order valence-corrected chi connectivity index (χ4v) is 10.3. The number of nitrogens with zero attached hydrogens (tertiary/aromatic N) is 4. The van der Waals surface area contributed by atoms with Crippen LogP contribution in [0.25, 0.3) is 83.6 Å². The summed E-state index contributed by atoms with van der Waals surface area (Å²) in [5.41, 5.74) is 15.7. The summed E-state index contributed by atoms with van der Waals surface area (Å²) >= 11 is 0. The van der Waals surface area contributed by atoms with Crippen molar-refractivity contribution in [1.29, 1.82) is 0 Å². The van der Waals surface area contributed by atoms with Crippen LogP contribution in [0.4, 0.5) is 0 Å².